The summed E-state index contributed by atoms with van der Waals surface area (Å²) in [6, 6.07) is 13.9. The number of hydrogen-bond acceptors (Lipinski definition) is 3. The van der Waals surface area contributed by atoms with Gasteiger partial charge < -0.3 is 10.1 Å². The van der Waals surface area contributed by atoms with Crippen molar-refractivity contribution in [3.8, 4) is 5.75 Å². The summed E-state index contributed by atoms with van der Waals surface area (Å²) in [5.74, 6) is 0.914. The molecule has 1 N–H and O–H groups in total. The molecule has 1 amide bonds. The van der Waals surface area contributed by atoms with Gasteiger partial charge in [-0.3, -0.25) is 9.78 Å². The molecule has 2 aromatic rings. The summed E-state index contributed by atoms with van der Waals surface area (Å²) in [6.45, 7) is 5.07. The zero-order valence-electron chi connectivity index (χ0n) is 14.3. The minimum Gasteiger partial charge on any atom is -0.494 e. The van der Waals surface area contributed by atoms with E-state index in [-0.39, 0.29) is 5.91 Å². The highest BCUT2D eigenvalue weighted by atomic mass is 16.5. The maximum absolute atomic E-state index is 11.1. The number of aryl methyl sites for hydroxylation is 1. The summed E-state index contributed by atoms with van der Waals surface area (Å²) < 4.78 is 5.67. The lowest BCUT2D eigenvalue weighted by Gasteiger charge is -2.07. The number of carbonyl (C=O) groups excluding carboxylic acids is 1. The van der Waals surface area contributed by atoms with Gasteiger partial charge in [-0.2, -0.15) is 0 Å². The third-order valence-electron chi connectivity index (χ3n) is 3.47. The van der Waals surface area contributed by atoms with Crippen molar-refractivity contribution < 1.29 is 9.53 Å². The molecule has 0 aliphatic carbocycles. The van der Waals surface area contributed by atoms with Gasteiger partial charge in [-0.15, -0.1) is 0 Å². The second-order valence-electron chi connectivity index (χ2n) is 5.51. The van der Waals surface area contributed by atoms with Crippen molar-refractivity contribution in [3.63, 3.8) is 0 Å². The predicted molar refractivity (Wildman–Crippen MR) is 97.8 cm³/mol. The van der Waals surface area contributed by atoms with E-state index < -0.39 is 0 Å². The Kier molecular flexibility index (Phi) is 7.02. The van der Waals surface area contributed by atoms with E-state index in [2.05, 4.69) is 10.3 Å². The van der Waals surface area contributed by atoms with Gasteiger partial charge in [0.25, 0.3) is 0 Å². The van der Waals surface area contributed by atoms with Crippen molar-refractivity contribution in [2.45, 2.75) is 26.7 Å². The number of nitrogens with zero attached hydrogens (tertiary/aromatic N) is 1. The summed E-state index contributed by atoms with van der Waals surface area (Å²) in [7, 11) is 0. The molecule has 0 fully saturated rings. The average molecular weight is 324 g/mol. The highest BCUT2D eigenvalue weighted by Gasteiger charge is 1.97. The first-order valence-electron chi connectivity index (χ1n) is 8.28. The van der Waals surface area contributed by atoms with Crippen LogP contribution in [0.15, 0.2) is 42.5 Å². The van der Waals surface area contributed by atoms with Gasteiger partial charge in [0, 0.05) is 18.7 Å². The highest BCUT2D eigenvalue weighted by Crippen LogP contribution is 2.14. The Morgan fingerprint density at radius 2 is 1.96 bits per heavy atom. The van der Waals surface area contributed by atoms with E-state index in [1.54, 1.807) is 0 Å². The Balaban J connectivity index is 1.77. The third kappa shape index (κ3) is 6.24. The number of nitrogens with one attached hydrogen (secondary N) is 1. The van der Waals surface area contributed by atoms with Gasteiger partial charge in [0.15, 0.2) is 0 Å². The predicted octanol–water partition coefficient (Wildman–Crippen LogP) is 3.86. The quantitative estimate of drug-likeness (QED) is 0.750. The summed E-state index contributed by atoms with van der Waals surface area (Å²) in [4.78, 5) is 15.5. The second-order valence-corrected chi connectivity index (χ2v) is 5.51. The van der Waals surface area contributed by atoms with E-state index in [1.807, 2.05) is 68.5 Å². The van der Waals surface area contributed by atoms with Crippen LogP contribution in [0.25, 0.3) is 12.2 Å². The molecule has 0 aliphatic rings. The minimum atomic E-state index is 0.0780. The van der Waals surface area contributed by atoms with Gasteiger partial charge in [-0.1, -0.05) is 31.2 Å². The number of pyridine rings is 1. The van der Waals surface area contributed by atoms with Crippen LogP contribution in [0.3, 0.4) is 0 Å². The molecule has 0 radical (unpaired) electrons. The molecule has 0 atom stereocenters. The first-order valence-corrected chi connectivity index (χ1v) is 8.28. The summed E-state index contributed by atoms with van der Waals surface area (Å²) in [5.41, 5.74) is 3.06. The molecule has 4 nitrogen and oxygen atoms in total. The zero-order chi connectivity index (χ0) is 17.2. The van der Waals surface area contributed by atoms with E-state index >= 15 is 0 Å². The lowest BCUT2D eigenvalue weighted by Crippen LogP contribution is -2.24. The Hall–Kier alpha value is -2.62. The number of ether oxygens (including phenoxy) is 1. The molecule has 4 heteroatoms. The van der Waals surface area contributed by atoms with Gasteiger partial charge in [-0.25, -0.2) is 0 Å². The molecule has 0 saturated carbocycles. The van der Waals surface area contributed by atoms with Crippen molar-refractivity contribution in [2.75, 3.05) is 13.2 Å². The smallest absolute Gasteiger partial charge is 0.219 e. The summed E-state index contributed by atoms with van der Waals surface area (Å²) >= 11 is 0. The van der Waals surface area contributed by atoms with Crippen LogP contribution in [0.4, 0.5) is 0 Å². The molecule has 0 bridgehead atoms. The monoisotopic (exact) mass is 324 g/mol. The molecule has 1 aromatic heterocycles. The lowest BCUT2D eigenvalue weighted by molar-refractivity contribution is -0.120. The standard InChI is InChI=1S/C20H24N2O2/c1-3-20(23)21-14-5-15-24-19-12-9-17(10-13-19)8-11-18-7-4-6-16(2)22-18/h4,6-13H,3,5,14-15H2,1-2H3,(H,21,23). The maximum atomic E-state index is 11.1. The number of rotatable bonds is 8. The van der Waals surface area contributed by atoms with Gasteiger partial charge >= 0.3 is 0 Å². The van der Waals surface area contributed by atoms with Crippen LogP contribution < -0.4 is 10.1 Å². The molecule has 0 unspecified atom stereocenters. The van der Waals surface area contributed by atoms with Gasteiger partial charge in [0.2, 0.25) is 5.91 Å². The van der Waals surface area contributed by atoms with Crippen molar-refractivity contribution in [1.82, 2.24) is 10.3 Å². The fourth-order valence-electron chi connectivity index (χ4n) is 2.13. The Morgan fingerprint density at radius 3 is 2.67 bits per heavy atom. The molecule has 1 heterocycles. The van der Waals surface area contributed by atoms with Crippen LogP contribution in [0.2, 0.25) is 0 Å². The molecule has 0 spiro atoms. The lowest BCUT2D eigenvalue weighted by atomic mass is 10.2. The molecule has 126 valence electrons. The van der Waals surface area contributed by atoms with Crippen LogP contribution in [0, 0.1) is 6.92 Å². The normalized spacial score (nSPS) is 10.8. The van der Waals surface area contributed by atoms with Crippen LogP contribution in [0.5, 0.6) is 5.75 Å². The van der Waals surface area contributed by atoms with Crippen LogP contribution in [-0.2, 0) is 4.79 Å². The highest BCUT2D eigenvalue weighted by molar-refractivity contribution is 5.75. The molecule has 2 rings (SSSR count). The fraction of sp³-hybridized carbons (Fsp3) is 0.300. The SMILES string of the molecule is CCC(=O)NCCCOc1ccc(C=Cc2cccc(C)n2)cc1. The molecule has 24 heavy (non-hydrogen) atoms. The first-order chi connectivity index (χ1) is 11.7. The maximum Gasteiger partial charge on any atom is 0.219 e. The van der Waals surface area contributed by atoms with E-state index in [0.717, 1.165) is 29.1 Å². The number of carbonyl (C=O) groups is 1. The van der Waals surface area contributed by atoms with Gasteiger partial charge in [0.05, 0.1) is 12.3 Å². The van der Waals surface area contributed by atoms with E-state index in [4.69, 9.17) is 4.74 Å². The number of aromatic nitrogens is 1. The van der Waals surface area contributed by atoms with E-state index in [9.17, 15) is 4.79 Å². The zero-order valence-corrected chi connectivity index (χ0v) is 14.3. The van der Waals surface area contributed by atoms with Crippen LogP contribution in [-0.4, -0.2) is 24.0 Å². The molecular formula is C20H24N2O2. The second kappa shape index (κ2) is 9.50. The van der Waals surface area contributed by atoms with Gasteiger partial charge in [-0.05, 0) is 49.2 Å². The molecular weight excluding hydrogens is 300 g/mol. The topological polar surface area (TPSA) is 51.2 Å². The summed E-state index contributed by atoms with van der Waals surface area (Å²) in [5, 5.41) is 2.83. The van der Waals surface area contributed by atoms with Crippen molar-refractivity contribution in [3.05, 3.63) is 59.4 Å². The van der Waals surface area contributed by atoms with Gasteiger partial charge in [0.1, 0.15) is 5.75 Å². The number of benzene rings is 1. The van der Waals surface area contributed by atoms with E-state index in [0.29, 0.717) is 19.6 Å². The average Bonchev–Trinajstić information content (AvgIpc) is 2.60. The van der Waals surface area contributed by atoms with Crippen LogP contribution in [0.1, 0.15) is 36.7 Å². The Bertz CT molecular complexity index is 678. The third-order valence-corrected chi connectivity index (χ3v) is 3.47. The Labute approximate surface area is 143 Å². The van der Waals surface area contributed by atoms with Crippen molar-refractivity contribution in [1.29, 1.82) is 0 Å². The minimum absolute atomic E-state index is 0.0780. The largest absolute Gasteiger partial charge is 0.494 e. The first kappa shape index (κ1) is 17.7. The molecule has 1 aromatic carbocycles. The van der Waals surface area contributed by atoms with Crippen molar-refractivity contribution in [2.24, 2.45) is 0 Å². The Morgan fingerprint density at radius 1 is 1.17 bits per heavy atom. The molecule has 0 saturated heterocycles. The van der Waals surface area contributed by atoms with E-state index in [1.165, 1.54) is 0 Å². The fourth-order valence-corrected chi connectivity index (χ4v) is 2.13. The summed E-state index contributed by atoms with van der Waals surface area (Å²) in [6.07, 6.45) is 5.35. The van der Waals surface area contributed by atoms with Crippen LogP contribution >= 0.6 is 0 Å². The number of hydrogen-bond donors (Lipinski definition) is 1. The van der Waals surface area contributed by atoms with Crippen molar-refractivity contribution >= 4 is 18.1 Å². The number of amides is 1. The molecule has 0 aliphatic heterocycles.